The predicted octanol–water partition coefficient (Wildman–Crippen LogP) is 2.44. The highest BCUT2D eigenvalue weighted by Crippen LogP contribution is 2.44. The third-order valence-electron chi connectivity index (χ3n) is 8.57. The summed E-state index contributed by atoms with van der Waals surface area (Å²) in [6, 6.07) is 7.56. The molecular formula is C30H44N4O7. The molecule has 0 aliphatic heterocycles. The van der Waals surface area contributed by atoms with Crippen LogP contribution in [0.25, 0.3) is 0 Å². The van der Waals surface area contributed by atoms with Crippen LogP contribution in [0.15, 0.2) is 30.3 Å². The van der Waals surface area contributed by atoms with Gasteiger partial charge < -0.3 is 31.9 Å². The number of nitrogens with two attached hydrogens (primary N) is 1. The third kappa shape index (κ3) is 9.27. The zero-order chi connectivity index (χ0) is 29.8. The lowest BCUT2D eigenvalue weighted by atomic mass is 9.76. The van der Waals surface area contributed by atoms with Crippen LogP contribution in [0.1, 0.15) is 87.4 Å². The first-order chi connectivity index (χ1) is 19.6. The lowest BCUT2D eigenvalue weighted by Crippen LogP contribution is -2.50. The number of carbonyl (C=O) groups is 5. The molecule has 3 amide bonds. The summed E-state index contributed by atoms with van der Waals surface area (Å²) in [5.74, 6) is -4.33. The van der Waals surface area contributed by atoms with Gasteiger partial charge in [-0.1, -0.05) is 31.0 Å². The van der Waals surface area contributed by atoms with Gasteiger partial charge >= 0.3 is 11.9 Å². The second kappa shape index (κ2) is 15.5. The number of hydrogen-bond acceptors (Lipinski definition) is 6. The highest BCUT2D eigenvalue weighted by Gasteiger charge is 2.45. The van der Waals surface area contributed by atoms with Crippen LogP contribution < -0.4 is 21.7 Å². The molecule has 0 radical (unpaired) electrons. The van der Waals surface area contributed by atoms with Crippen molar-refractivity contribution in [2.45, 2.75) is 89.1 Å². The Morgan fingerprint density at radius 2 is 1.61 bits per heavy atom. The first-order valence-electron chi connectivity index (χ1n) is 14.8. The van der Waals surface area contributed by atoms with Crippen molar-refractivity contribution >= 4 is 29.7 Å². The molecule has 0 spiro atoms. The van der Waals surface area contributed by atoms with Crippen molar-refractivity contribution in [3.05, 3.63) is 35.9 Å². The SMILES string of the molecule is NCCCC[C@H](NC(=O)c1ccccc1)C(=O)NCC(CC1(C(=O)N[C@H]2CC[C@@H](C(=O)O)CC2)CCCC1)C(=O)O. The van der Waals surface area contributed by atoms with Crippen LogP contribution in [0.4, 0.5) is 0 Å². The fraction of sp³-hybridized carbons (Fsp3) is 0.633. The van der Waals surface area contributed by atoms with Crippen molar-refractivity contribution in [2.24, 2.45) is 23.0 Å². The zero-order valence-electron chi connectivity index (χ0n) is 23.6. The van der Waals surface area contributed by atoms with E-state index in [0.717, 1.165) is 12.8 Å². The Morgan fingerprint density at radius 3 is 2.20 bits per heavy atom. The van der Waals surface area contributed by atoms with Gasteiger partial charge in [0.25, 0.3) is 5.91 Å². The van der Waals surface area contributed by atoms with Crippen molar-refractivity contribution in [2.75, 3.05) is 13.1 Å². The minimum atomic E-state index is -1.10. The summed E-state index contributed by atoms with van der Waals surface area (Å²) in [5, 5.41) is 27.8. The van der Waals surface area contributed by atoms with Gasteiger partial charge in [0.05, 0.1) is 17.3 Å². The fourth-order valence-corrected chi connectivity index (χ4v) is 6.06. The Hall–Kier alpha value is -3.47. The molecule has 1 unspecified atom stereocenters. The van der Waals surface area contributed by atoms with E-state index in [-0.39, 0.29) is 30.8 Å². The van der Waals surface area contributed by atoms with E-state index in [2.05, 4.69) is 16.0 Å². The maximum Gasteiger partial charge on any atom is 0.308 e. The number of amides is 3. The predicted molar refractivity (Wildman–Crippen MR) is 152 cm³/mol. The molecule has 0 heterocycles. The standard InChI is InChI=1S/C30H44N4O7/c31-17-7-4-10-24(34-25(35)20-8-2-1-3-9-20)26(36)32-19-22(28(39)40)18-30(15-5-6-16-30)29(41)33-23-13-11-21(12-14-23)27(37)38/h1-3,8-9,21-24H,4-7,10-19,31H2,(H,32,36)(H,33,41)(H,34,35)(H,37,38)(H,39,40)/t21-,22?,23+,24-/m0/s1. The van der Waals surface area contributed by atoms with Gasteiger partial charge in [-0.3, -0.25) is 24.0 Å². The zero-order valence-corrected chi connectivity index (χ0v) is 23.6. The van der Waals surface area contributed by atoms with Gasteiger partial charge in [0.1, 0.15) is 6.04 Å². The van der Waals surface area contributed by atoms with Crippen LogP contribution in [0.5, 0.6) is 0 Å². The molecular weight excluding hydrogens is 528 g/mol. The molecule has 11 heteroatoms. The molecule has 0 bridgehead atoms. The summed E-state index contributed by atoms with van der Waals surface area (Å²) in [4.78, 5) is 62.9. The molecule has 2 fully saturated rings. The molecule has 7 N–H and O–H groups in total. The molecule has 0 saturated heterocycles. The van der Waals surface area contributed by atoms with E-state index in [4.69, 9.17) is 5.73 Å². The maximum atomic E-state index is 13.5. The second-order valence-corrected chi connectivity index (χ2v) is 11.5. The average Bonchev–Trinajstić information content (AvgIpc) is 3.45. The van der Waals surface area contributed by atoms with E-state index in [9.17, 15) is 34.2 Å². The lowest BCUT2D eigenvalue weighted by molar-refractivity contribution is -0.144. The van der Waals surface area contributed by atoms with Crippen molar-refractivity contribution < 1.29 is 34.2 Å². The van der Waals surface area contributed by atoms with Gasteiger partial charge in [0, 0.05) is 18.2 Å². The molecule has 2 atom stereocenters. The Morgan fingerprint density at radius 1 is 0.951 bits per heavy atom. The first kappa shape index (κ1) is 32.0. The number of hydrogen-bond donors (Lipinski definition) is 6. The number of aliphatic carboxylic acids is 2. The van der Waals surface area contributed by atoms with Crippen molar-refractivity contribution in [1.82, 2.24) is 16.0 Å². The topological polar surface area (TPSA) is 188 Å². The van der Waals surface area contributed by atoms with Gasteiger partial charge in [0.15, 0.2) is 0 Å². The Balaban J connectivity index is 1.62. The lowest BCUT2D eigenvalue weighted by Gasteiger charge is -2.34. The molecule has 3 rings (SSSR count). The normalized spacial score (nSPS) is 21.3. The number of nitrogens with one attached hydrogen (secondary N) is 3. The number of unbranched alkanes of at least 4 members (excludes halogenated alkanes) is 1. The first-order valence-corrected chi connectivity index (χ1v) is 14.8. The average molecular weight is 573 g/mol. The summed E-state index contributed by atoms with van der Waals surface area (Å²) >= 11 is 0. The number of carbonyl (C=O) groups excluding carboxylic acids is 3. The highest BCUT2D eigenvalue weighted by atomic mass is 16.4. The smallest absolute Gasteiger partial charge is 0.308 e. The van der Waals surface area contributed by atoms with Crippen LogP contribution in [-0.4, -0.2) is 65.0 Å². The summed E-state index contributed by atoms with van der Waals surface area (Å²) in [7, 11) is 0. The van der Waals surface area contributed by atoms with Crippen molar-refractivity contribution in [3.8, 4) is 0 Å². The summed E-state index contributed by atoms with van der Waals surface area (Å²) < 4.78 is 0. The maximum absolute atomic E-state index is 13.5. The van der Waals surface area contributed by atoms with Crippen molar-refractivity contribution in [1.29, 1.82) is 0 Å². The van der Waals surface area contributed by atoms with Gasteiger partial charge in [-0.15, -0.1) is 0 Å². The van der Waals surface area contributed by atoms with Gasteiger partial charge in [-0.25, -0.2) is 0 Å². The van der Waals surface area contributed by atoms with Crippen LogP contribution in [0, 0.1) is 17.3 Å². The van der Waals surface area contributed by atoms with E-state index in [1.165, 1.54) is 0 Å². The van der Waals surface area contributed by atoms with Crippen molar-refractivity contribution in [3.63, 3.8) is 0 Å². The summed E-state index contributed by atoms with van der Waals surface area (Å²) in [6.07, 6.45) is 6.67. The van der Waals surface area contributed by atoms with Crippen LogP contribution >= 0.6 is 0 Å². The number of carboxylic acid groups (broad SMARTS) is 2. The highest BCUT2D eigenvalue weighted by molar-refractivity contribution is 5.97. The molecule has 11 nitrogen and oxygen atoms in total. The fourth-order valence-electron chi connectivity index (χ4n) is 6.06. The summed E-state index contributed by atoms with van der Waals surface area (Å²) in [5.41, 5.74) is 5.16. The Kier molecular flexibility index (Phi) is 12.1. The monoisotopic (exact) mass is 572 g/mol. The molecule has 2 aliphatic rings. The molecule has 2 saturated carbocycles. The number of benzene rings is 1. The number of carboxylic acids is 2. The molecule has 226 valence electrons. The molecule has 2 aliphatic carbocycles. The van der Waals surface area contributed by atoms with Gasteiger partial charge in [-0.2, -0.15) is 0 Å². The minimum Gasteiger partial charge on any atom is -0.481 e. The molecule has 41 heavy (non-hydrogen) atoms. The van der Waals surface area contributed by atoms with Crippen LogP contribution in [0.2, 0.25) is 0 Å². The minimum absolute atomic E-state index is 0.0904. The Bertz CT molecular complexity index is 1050. The number of rotatable bonds is 15. The van der Waals surface area contributed by atoms with E-state index < -0.39 is 41.1 Å². The van der Waals surface area contributed by atoms with Gasteiger partial charge in [-0.05, 0) is 82.9 Å². The van der Waals surface area contributed by atoms with Gasteiger partial charge in [0.2, 0.25) is 11.8 Å². The second-order valence-electron chi connectivity index (χ2n) is 11.5. The van der Waals surface area contributed by atoms with Crippen LogP contribution in [-0.2, 0) is 19.2 Å². The molecule has 1 aromatic carbocycles. The third-order valence-corrected chi connectivity index (χ3v) is 8.57. The van der Waals surface area contributed by atoms with Crippen LogP contribution in [0.3, 0.4) is 0 Å². The molecule has 0 aromatic heterocycles. The van der Waals surface area contributed by atoms with E-state index >= 15 is 0 Å². The molecule has 1 aromatic rings. The Labute approximate surface area is 241 Å². The quantitative estimate of drug-likeness (QED) is 0.173. The van der Waals surface area contributed by atoms with E-state index in [0.29, 0.717) is 69.9 Å². The van der Waals surface area contributed by atoms with E-state index in [1.54, 1.807) is 30.3 Å². The summed E-state index contributed by atoms with van der Waals surface area (Å²) in [6.45, 7) is 0.286. The largest absolute Gasteiger partial charge is 0.481 e. The van der Waals surface area contributed by atoms with E-state index in [1.807, 2.05) is 0 Å².